The number of guanidine groups is 1. The van der Waals surface area contributed by atoms with Gasteiger partial charge in [-0.1, -0.05) is 0 Å². The van der Waals surface area contributed by atoms with E-state index in [9.17, 15) is 19.2 Å². The number of carbonyl (C=O) groups excluding carboxylic acids is 4. The second kappa shape index (κ2) is 13.6. The van der Waals surface area contributed by atoms with Crippen LogP contribution in [0.25, 0.3) is 10.9 Å². The first-order valence-corrected chi connectivity index (χ1v) is 15.7. The average molecular weight is 609 g/mol. The van der Waals surface area contributed by atoms with Crippen molar-refractivity contribution in [2.24, 2.45) is 10.9 Å². The molecule has 3 saturated heterocycles. The Bertz CT molecular complexity index is 1380. The van der Waals surface area contributed by atoms with Gasteiger partial charge >= 0.3 is 6.09 Å². The lowest BCUT2D eigenvalue weighted by Gasteiger charge is -2.33. The quantitative estimate of drug-likeness (QED) is 0.348. The molecule has 3 N–H and O–H groups in total. The molecular formula is C31H44N8O5. The van der Waals surface area contributed by atoms with Crippen LogP contribution in [0.15, 0.2) is 29.4 Å². The molecule has 0 unspecified atom stereocenters. The maximum absolute atomic E-state index is 13.7. The topological polar surface area (TPSA) is 152 Å². The summed E-state index contributed by atoms with van der Waals surface area (Å²) in [6.07, 6.45) is 6.36. The van der Waals surface area contributed by atoms with E-state index >= 15 is 0 Å². The van der Waals surface area contributed by atoms with E-state index in [2.05, 4.69) is 20.8 Å². The molecule has 1 atom stereocenters. The number of aliphatic imine (C=N–C) groups is 1. The Morgan fingerprint density at radius 3 is 2.45 bits per heavy atom. The molecule has 13 nitrogen and oxygen atoms in total. The fourth-order valence-corrected chi connectivity index (χ4v) is 5.86. The SMILES string of the molecule is CC(C)(C)OC(=O)N1CCC(C(=O)NC(=N[C@H]2CCCCN(CC(=O)N3CCCC3)C2=O)Nc2ccc3cn[nH]c3c2)CC1. The van der Waals surface area contributed by atoms with Crippen LogP contribution in [-0.2, 0) is 19.1 Å². The van der Waals surface area contributed by atoms with Gasteiger partial charge in [-0.05, 0) is 83.9 Å². The number of amides is 4. The number of rotatable bonds is 5. The minimum Gasteiger partial charge on any atom is -0.444 e. The Hall–Kier alpha value is -4.16. The molecule has 4 amide bonds. The maximum atomic E-state index is 13.7. The van der Waals surface area contributed by atoms with E-state index in [4.69, 9.17) is 9.73 Å². The number of benzene rings is 1. The Balaban J connectivity index is 1.30. The standard InChI is InChI=1S/C31H44N8O5/c1-31(2,3)44-30(43)38-16-11-21(12-17-38)27(41)35-29(33-23-10-9-22-19-32-36-25(22)18-23)34-24-8-4-5-15-39(28(24)42)20-26(40)37-13-6-7-14-37/h9-10,18-19,21,24H,4-8,11-17,20H2,1-3H3,(H,32,36)(H2,33,34,35,41)/t24-/m0/s1. The number of hydrogen-bond acceptors (Lipinski definition) is 7. The van der Waals surface area contributed by atoms with Crippen molar-refractivity contribution in [3.63, 3.8) is 0 Å². The lowest BCUT2D eigenvalue weighted by molar-refractivity contribution is -0.140. The molecule has 44 heavy (non-hydrogen) atoms. The largest absolute Gasteiger partial charge is 0.444 e. The van der Waals surface area contributed by atoms with Crippen LogP contribution < -0.4 is 10.6 Å². The van der Waals surface area contributed by atoms with Gasteiger partial charge in [-0.3, -0.25) is 24.8 Å². The zero-order valence-electron chi connectivity index (χ0n) is 25.9. The lowest BCUT2D eigenvalue weighted by atomic mass is 9.96. The van der Waals surface area contributed by atoms with Crippen LogP contribution in [0.2, 0.25) is 0 Å². The summed E-state index contributed by atoms with van der Waals surface area (Å²) in [5.41, 5.74) is 0.892. The molecule has 1 aromatic carbocycles. The third kappa shape index (κ3) is 8.06. The molecule has 13 heteroatoms. The normalized spacial score (nSPS) is 20.5. The summed E-state index contributed by atoms with van der Waals surface area (Å²) < 4.78 is 5.49. The van der Waals surface area contributed by atoms with Crippen molar-refractivity contribution < 1.29 is 23.9 Å². The van der Waals surface area contributed by atoms with Gasteiger partial charge in [0.25, 0.3) is 0 Å². The zero-order chi connectivity index (χ0) is 31.3. The number of aromatic amines is 1. The van der Waals surface area contributed by atoms with Crippen molar-refractivity contribution in [2.75, 3.05) is 44.6 Å². The van der Waals surface area contributed by atoms with Crippen LogP contribution in [0.5, 0.6) is 0 Å². The van der Waals surface area contributed by atoms with Crippen LogP contribution >= 0.6 is 0 Å². The molecule has 4 heterocycles. The van der Waals surface area contributed by atoms with Gasteiger partial charge in [-0.15, -0.1) is 0 Å². The van der Waals surface area contributed by atoms with Gasteiger partial charge in [0.05, 0.1) is 18.3 Å². The fourth-order valence-electron chi connectivity index (χ4n) is 5.86. The Kier molecular flexibility index (Phi) is 9.70. The molecule has 0 radical (unpaired) electrons. The maximum Gasteiger partial charge on any atom is 0.410 e. The average Bonchev–Trinajstić information content (AvgIpc) is 3.66. The highest BCUT2D eigenvalue weighted by Crippen LogP contribution is 2.22. The zero-order valence-corrected chi connectivity index (χ0v) is 25.9. The molecule has 5 rings (SSSR count). The van der Waals surface area contributed by atoms with Crippen LogP contribution in [-0.4, -0.2) is 106 Å². The number of nitrogens with zero attached hydrogens (tertiary/aromatic N) is 5. The monoisotopic (exact) mass is 608 g/mol. The Morgan fingerprint density at radius 2 is 1.73 bits per heavy atom. The lowest BCUT2D eigenvalue weighted by Crippen LogP contribution is -2.48. The molecule has 3 fully saturated rings. The summed E-state index contributed by atoms with van der Waals surface area (Å²) >= 11 is 0. The summed E-state index contributed by atoms with van der Waals surface area (Å²) in [7, 11) is 0. The van der Waals surface area contributed by atoms with Crippen molar-refractivity contribution in [1.29, 1.82) is 0 Å². The smallest absolute Gasteiger partial charge is 0.410 e. The molecule has 0 aliphatic carbocycles. The Morgan fingerprint density at radius 1 is 1.00 bits per heavy atom. The number of aromatic nitrogens is 2. The summed E-state index contributed by atoms with van der Waals surface area (Å²) in [4.78, 5) is 62.3. The number of likely N-dealkylation sites (tertiary alicyclic amines) is 3. The minimum atomic E-state index is -0.739. The second-order valence-electron chi connectivity index (χ2n) is 12.9. The summed E-state index contributed by atoms with van der Waals surface area (Å²) in [5, 5.41) is 14.1. The van der Waals surface area contributed by atoms with Gasteiger partial charge in [0.2, 0.25) is 23.7 Å². The minimum absolute atomic E-state index is 0.0299. The van der Waals surface area contributed by atoms with Crippen molar-refractivity contribution in [3.8, 4) is 0 Å². The molecule has 3 aliphatic heterocycles. The van der Waals surface area contributed by atoms with E-state index in [0.717, 1.165) is 49.7 Å². The number of carbonyl (C=O) groups is 4. The van der Waals surface area contributed by atoms with E-state index in [1.807, 2.05) is 43.9 Å². The van der Waals surface area contributed by atoms with Crippen LogP contribution in [0.3, 0.4) is 0 Å². The van der Waals surface area contributed by atoms with Gasteiger partial charge in [0.1, 0.15) is 11.6 Å². The summed E-state index contributed by atoms with van der Waals surface area (Å²) in [6, 6.07) is 4.88. The van der Waals surface area contributed by atoms with Crippen molar-refractivity contribution in [2.45, 2.75) is 77.4 Å². The van der Waals surface area contributed by atoms with Crippen LogP contribution in [0, 0.1) is 5.92 Å². The van der Waals surface area contributed by atoms with Crippen molar-refractivity contribution in [1.82, 2.24) is 30.2 Å². The Labute approximate surface area is 257 Å². The van der Waals surface area contributed by atoms with E-state index in [1.54, 1.807) is 16.0 Å². The molecule has 0 bridgehead atoms. The van der Waals surface area contributed by atoms with E-state index < -0.39 is 11.6 Å². The first-order chi connectivity index (χ1) is 21.1. The predicted octanol–water partition coefficient (Wildman–Crippen LogP) is 3.10. The first kappa shape index (κ1) is 31.3. The third-order valence-electron chi connectivity index (χ3n) is 8.29. The second-order valence-corrected chi connectivity index (χ2v) is 12.9. The highest BCUT2D eigenvalue weighted by molar-refractivity contribution is 6.06. The fraction of sp³-hybridized carbons (Fsp3) is 0.613. The predicted molar refractivity (Wildman–Crippen MR) is 166 cm³/mol. The summed E-state index contributed by atoms with van der Waals surface area (Å²) in [5.74, 6) is -0.634. The van der Waals surface area contributed by atoms with Crippen molar-refractivity contribution >= 4 is 46.4 Å². The molecule has 238 valence electrons. The van der Waals surface area contributed by atoms with Gasteiger partial charge in [-0.25, -0.2) is 9.79 Å². The van der Waals surface area contributed by atoms with Gasteiger partial charge in [0.15, 0.2) is 0 Å². The number of nitrogens with one attached hydrogen (secondary N) is 3. The molecule has 1 aromatic heterocycles. The van der Waals surface area contributed by atoms with Crippen molar-refractivity contribution in [3.05, 3.63) is 24.4 Å². The number of anilines is 1. The number of H-pyrrole nitrogens is 1. The molecule has 0 saturated carbocycles. The van der Waals surface area contributed by atoms with E-state index in [1.165, 1.54) is 0 Å². The summed E-state index contributed by atoms with van der Waals surface area (Å²) in [6.45, 7) is 8.32. The molecule has 2 aromatic rings. The highest BCUT2D eigenvalue weighted by Gasteiger charge is 2.33. The molecule has 0 spiro atoms. The first-order valence-electron chi connectivity index (χ1n) is 15.7. The number of hydrogen-bond donors (Lipinski definition) is 3. The molecular weight excluding hydrogens is 564 g/mol. The van der Waals surface area contributed by atoms with E-state index in [-0.39, 0.29) is 42.2 Å². The van der Waals surface area contributed by atoms with Crippen LogP contribution in [0.4, 0.5) is 10.5 Å². The van der Waals surface area contributed by atoms with Crippen LogP contribution in [0.1, 0.15) is 65.7 Å². The van der Waals surface area contributed by atoms with E-state index in [0.29, 0.717) is 44.6 Å². The number of fused-ring (bicyclic) bond motifs is 1. The van der Waals surface area contributed by atoms with Gasteiger partial charge in [-0.2, -0.15) is 5.10 Å². The van der Waals surface area contributed by atoms with Gasteiger partial charge < -0.3 is 24.8 Å². The number of piperidine rings is 1. The highest BCUT2D eigenvalue weighted by atomic mass is 16.6. The number of ether oxygens (including phenoxy) is 1. The molecule has 3 aliphatic rings. The third-order valence-corrected chi connectivity index (χ3v) is 8.29. The van der Waals surface area contributed by atoms with Gasteiger partial charge in [0, 0.05) is 49.7 Å².